The molecule has 0 saturated carbocycles. The van der Waals surface area contributed by atoms with E-state index in [1.807, 2.05) is 26.0 Å². The molecule has 0 bridgehead atoms. The van der Waals surface area contributed by atoms with E-state index in [4.69, 9.17) is 0 Å². The van der Waals surface area contributed by atoms with Crippen LogP contribution in [0.3, 0.4) is 0 Å². The number of rotatable bonds is 4. The van der Waals surface area contributed by atoms with E-state index >= 15 is 0 Å². The molecule has 2 aromatic rings. The summed E-state index contributed by atoms with van der Waals surface area (Å²) in [6, 6.07) is 5.49. The maximum atomic E-state index is 12.5. The normalized spacial score (nSPS) is 12.7. The van der Waals surface area contributed by atoms with Gasteiger partial charge in [-0.25, -0.2) is 17.4 Å². The van der Waals surface area contributed by atoms with Crippen molar-refractivity contribution in [1.29, 1.82) is 0 Å². The molecular formula is C15H16N2O2S. The zero-order valence-electron chi connectivity index (χ0n) is 11.4. The van der Waals surface area contributed by atoms with E-state index in [0.717, 1.165) is 9.54 Å². The smallest absolute Gasteiger partial charge is 0.236 e. The fourth-order valence-electron chi connectivity index (χ4n) is 1.77. The lowest BCUT2D eigenvalue weighted by Gasteiger charge is -2.06. The number of hydrogen-bond donors (Lipinski definition) is 0. The van der Waals surface area contributed by atoms with Crippen molar-refractivity contribution in [3.05, 3.63) is 65.9 Å². The van der Waals surface area contributed by atoms with Crippen LogP contribution in [0.5, 0.6) is 0 Å². The van der Waals surface area contributed by atoms with Gasteiger partial charge in [0.05, 0.1) is 15.9 Å². The van der Waals surface area contributed by atoms with Crippen LogP contribution in [0.4, 0.5) is 0 Å². The van der Waals surface area contributed by atoms with Gasteiger partial charge < -0.3 is 0 Å². The minimum absolute atomic E-state index is 0.0245. The summed E-state index contributed by atoms with van der Waals surface area (Å²) in [5.41, 5.74) is 2.18. The Morgan fingerprint density at radius 1 is 1.35 bits per heavy atom. The number of fused-ring (bicyclic) bond motifs is 1. The van der Waals surface area contributed by atoms with Crippen molar-refractivity contribution < 1.29 is 8.42 Å². The first-order valence-electron chi connectivity index (χ1n) is 6.14. The van der Waals surface area contributed by atoms with E-state index in [9.17, 15) is 8.42 Å². The first-order chi connectivity index (χ1) is 9.46. The highest BCUT2D eigenvalue weighted by Gasteiger charge is 2.18. The Balaban J connectivity index is 2.52. The molecule has 0 spiro atoms. The first-order valence-corrected chi connectivity index (χ1v) is 7.58. The molecule has 0 N–H and O–H groups in total. The Bertz CT molecular complexity index is 812. The van der Waals surface area contributed by atoms with Gasteiger partial charge in [0.1, 0.15) is 6.33 Å². The second kappa shape index (κ2) is 5.46. The van der Waals surface area contributed by atoms with Crippen LogP contribution in [-0.2, 0) is 10.0 Å². The Kier molecular flexibility index (Phi) is 3.90. The molecule has 0 aliphatic rings. The van der Waals surface area contributed by atoms with Gasteiger partial charge in [0.15, 0.2) is 0 Å². The topological polar surface area (TPSA) is 52.0 Å². The fourth-order valence-corrected chi connectivity index (χ4v) is 2.85. The van der Waals surface area contributed by atoms with Gasteiger partial charge in [-0.05, 0) is 37.6 Å². The van der Waals surface area contributed by atoms with E-state index in [0.29, 0.717) is 11.0 Å². The molecule has 4 nitrogen and oxygen atoms in total. The highest BCUT2D eigenvalue weighted by atomic mass is 32.2. The second-order valence-corrected chi connectivity index (χ2v) is 6.26. The molecule has 0 atom stereocenters. The van der Waals surface area contributed by atoms with E-state index < -0.39 is 10.0 Å². The molecule has 2 rings (SSSR count). The van der Waals surface area contributed by atoms with Crippen molar-refractivity contribution in [2.24, 2.45) is 0 Å². The van der Waals surface area contributed by atoms with Gasteiger partial charge in [-0.1, -0.05) is 30.9 Å². The zero-order valence-corrected chi connectivity index (χ0v) is 12.3. The number of nitrogens with zero attached hydrogens (tertiary/aromatic N) is 2. The number of aryl methyl sites for hydroxylation is 1. The van der Waals surface area contributed by atoms with E-state index in [1.165, 1.54) is 12.4 Å². The van der Waals surface area contributed by atoms with Gasteiger partial charge in [-0.3, -0.25) is 0 Å². The van der Waals surface area contributed by atoms with Gasteiger partial charge in [0.25, 0.3) is 10.0 Å². The largest absolute Gasteiger partial charge is 0.268 e. The number of aromatic nitrogens is 2. The Morgan fingerprint density at radius 2 is 2.10 bits per heavy atom. The monoisotopic (exact) mass is 288 g/mol. The predicted molar refractivity (Wildman–Crippen MR) is 81.9 cm³/mol. The average Bonchev–Trinajstić information content (AvgIpc) is 2.82. The lowest BCUT2D eigenvalue weighted by molar-refractivity contribution is 0.596. The van der Waals surface area contributed by atoms with Crippen molar-refractivity contribution in [3.63, 3.8) is 0 Å². The van der Waals surface area contributed by atoms with Crippen molar-refractivity contribution in [1.82, 2.24) is 8.96 Å². The van der Waals surface area contributed by atoms with Gasteiger partial charge >= 0.3 is 0 Å². The molecule has 104 valence electrons. The summed E-state index contributed by atoms with van der Waals surface area (Å²) < 4.78 is 26.1. The van der Waals surface area contributed by atoms with Gasteiger partial charge in [0, 0.05) is 0 Å². The molecule has 1 aromatic carbocycles. The van der Waals surface area contributed by atoms with Crippen molar-refractivity contribution in [2.45, 2.75) is 13.8 Å². The summed E-state index contributed by atoms with van der Waals surface area (Å²) in [4.78, 5) is 4.13. The summed E-state index contributed by atoms with van der Waals surface area (Å²) in [6.07, 6.45) is 7.98. The number of imidazole rings is 1. The molecule has 0 saturated heterocycles. The van der Waals surface area contributed by atoms with Gasteiger partial charge in [-0.15, -0.1) is 0 Å². The van der Waals surface area contributed by atoms with Crippen LogP contribution >= 0.6 is 0 Å². The third kappa shape index (κ3) is 2.58. The summed E-state index contributed by atoms with van der Waals surface area (Å²) >= 11 is 0. The number of hydrogen-bond acceptors (Lipinski definition) is 3. The van der Waals surface area contributed by atoms with Gasteiger partial charge in [0.2, 0.25) is 0 Å². The van der Waals surface area contributed by atoms with Crippen LogP contribution in [-0.4, -0.2) is 17.4 Å². The Labute approximate surface area is 118 Å². The summed E-state index contributed by atoms with van der Waals surface area (Å²) in [5, 5.41) is 0. The number of benzene rings is 1. The standard InChI is InChI=1S/C15H16N2O2S/c1-4-5-6-7-13(3)20(18,19)17-11-16-14-9-8-12(2)10-15(14)17/h4-11H,3H2,1-2H3/b5-4-,7-6-. The molecule has 1 aromatic heterocycles. The number of allylic oxidation sites excluding steroid dienone is 4. The third-order valence-electron chi connectivity index (χ3n) is 2.85. The van der Waals surface area contributed by atoms with Crippen LogP contribution in [0.1, 0.15) is 12.5 Å². The van der Waals surface area contributed by atoms with E-state index in [2.05, 4.69) is 11.6 Å². The maximum Gasteiger partial charge on any atom is 0.268 e. The van der Waals surface area contributed by atoms with Crippen LogP contribution in [0.25, 0.3) is 11.0 Å². The minimum atomic E-state index is -3.68. The highest BCUT2D eigenvalue weighted by Crippen LogP contribution is 2.20. The fraction of sp³-hybridized carbons (Fsp3) is 0.133. The zero-order chi connectivity index (χ0) is 14.8. The maximum absolute atomic E-state index is 12.5. The Morgan fingerprint density at radius 3 is 2.80 bits per heavy atom. The SMILES string of the molecule is C=C(/C=C\C=C/C)S(=O)(=O)n1cnc2ccc(C)cc21. The van der Waals surface area contributed by atoms with E-state index in [-0.39, 0.29) is 4.91 Å². The molecule has 0 radical (unpaired) electrons. The predicted octanol–water partition coefficient (Wildman–Crippen LogP) is 3.17. The van der Waals surface area contributed by atoms with E-state index in [1.54, 1.807) is 24.3 Å². The lowest BCUT2D eigenvalue weighted by Crippen LogP contribution is -2.12. The van der Waals surface area contributed by atoms with Crippen LogP contribution in [0.2, 0.25) is 0 Å². The second-order valence-electron chi connectivity index (χ2n) is 4.39. The first kappa shape index (κ1) is 14.3. The minimum Gasteiger partial charge on any atom is -0.236 e. The van der Waals surface area contributed by atoms with Crippen LogP contribution in [0.15, 0.2) is 60.3 Å². The molecule has 0 aliphatic heterocycles. The molecule has 20 heavy (non-hydrogen) atoms. The van der Waals surface area contributed by atoms with Crippen LogP contribution < -0.4 is 0 Å². The molecule has 0 aliphatic carbocycles. The third-order valence-corrected chi connectivity index (χ3v) is 4.45. The van der Waals surface area contributed by atoms with Crippen LogP contribution in [0, 0.1) is 6.92 Å². The molecule has 5 heteroatoms. The summed E-state index contributed by atoms with van der Waals surface area (Å²) in [6.45, 7) is 7.39. The van der Waals surface area contributed by atoms with Crippen molar-refractivity contribution in [3.8, 4) is 0 Å². The molecule has 0 unspecified atom stereocenters. The molecule has 0 amide bonds. The summed E-state index contributed by atoms with van der Waals surface area (Å²) in [7, 11) is -3.68. The van der Waals surface area contributed by atoms with Crippen molar-refractivity contribution >= 4 is 21.1 Å². The highest BCUT2D eigenvalue weighted by molar-refractivity contribution is 7.94. The summed E-state index contributed by atoms with van der Waals surface area (Å²) in [5.74, 6) is 0. The van der Waals surface area contributed by atoms with Gasteiger partial charge in [-0.2, -0.15) is 0 Å². The van der Waals surface area contributed by atoms with Crippen molar-refractivity contribution in [2.75, 3.05) is 0 Å². The molecule has 0 fully saturated rings. The molecule has 1 heterocycles. The quantitative estimate of drug-likeness (QED) is 0.812. The molecular weight excluding hydrogens is 272 g/mol. The average molecular weight is 288 g/mol. The Hall–Kier alpha value is -2.14. The lowest BCUT2D eigenvalue weighted by atomic mass is 10.2.